The summed E-state index contributed by atoms with van der Waals surface area (Å²) in [7, 11) is 0. The monoisotopic (exact) mass is 288 g/mol. The summed E-state index contributed by atoms with van der Waals surface area (Å²) in [4.78, 5) is 12.2. The number of nitriles is 1. The fourth-order valence-electron chi connectivity index (χ4n) is 2.27. The lowest BCUT2D eigenvalue weighted by molar-refractivity contribution is -0.129. The van der Waals surface area contributed by atoms with Crippen LogP contribution in [0.5, 0.6) is 5.75 Å². The predicted molar refractivity (Wildman–Crippen MR) is 77.8 cm³/mol. The van der Waals surface area contributed by atoms with Crippen LogP contribution < -0.4 is 10.1 Å². The first-order valence-corrected chi connectivity index (χ1v) is 7.09. The zero-order chi connectivity index (χ0) is 15.3. The van der Waals surface area contributed by atoms with E-state index in [1.807, 2.05) is 31.2 Å². The molecule has 1 aliphatic rings. The topological polar surface area (TPSA) is 71.3 Å². The average molecular weight is 288 g/mol. The van der Waals surface area contributed by atoms with E-state index >= 15 is 0 Å². The first-order valence-electron chi connectivity index (χ1n) is 7.09. The van der Waals surface area contributed by atoms with E-state index in [0.29, 0.717) is 31.8 Å². The standard InChI is InChI=1S/C16H20N2O3/c1-12-4-3-5-14(10-12)21-13(2)15(19)18-16(11-17)6-8-20-9-7-16/h3-5,10,13H,6-9H2,1-2H3,(H,18,19). The molecule has 1 N–H and O–H groups in total. The van der Waals surface area contributed by atoms with Crippen molar-refractivity contribution in [1.82, 2.24) is 5.32 Å². The van der Waals surface area contributed by atoms with E-state index in [0.717, 1.165) is 5.56 Å². The summed E-state index contributed by atoms with van der Waals surface area (Å²) in [5.41, 5.74) is 0.234. The van der Waals surface area contributed by atoms with Crippen LogP contribution in [0.2, 0.25) is 0 Å². The number of ether oxygens (including phenoxy) is 2. The van der Waals surface area contributed by atoms with Gasteiger partial charge in [0.05, 0.1) is 6.07 Å². The van der Waals surface area contributed by atoms with Crippen molar-refractivity contribution in [2.24, 2.45) is 0 Å². The average Bonchev–Trinajstić information content (AvgIpc) is 2.48. The second-order valence-electron chi connectivity index (χ2n) is 5.37. The van der Waals surface area contributed by atoms with Crippen LogP contribution in [0.3, 0.4) is 0 Å². The molecule has 0 aliphatic carbocycles. The number of benzene rings is 1. The fourth-order valence-corrected chi connectivity index (χ4v) is 2.27. The molecule has 5 heteroatoms. The zero-order valence-corrected chi connectivity index (χ0v) is 12.4. The van der Waals surface area contributed by atoms with Crippen LogP contribution in [0.4, 0.5) is 0 Å². The van der Waals surface area contributed by atoms with E-state index in [-0.39, 0.29) is 5.91 Å². The normalized spacial score (nSPS) is 18.3. The van der Waals surface area contributed by atoms with Crippen molar-refractivity contribution in [2.45, 2.75) is 38.3 Å². The Balaban J connectivity index is 1.97. The number of hydrogen-bond donors (Lipinski definition) is 1. The Labute approximate surface area is 124 Å². The summed E-state index contributed by atoms with van der Waals surface area (Å²) in [5.74, 6) is 0.371. The van der Waals surface area contributed by atoms with E-state index in [2.05, 4.69) is 11.4 Å². The summed E-state index contributed by atoms with van der Waals surface area (Å²) in [6.45, 7) is 4.62. The number of hydrogen-bond acceptors (Lipinski definition) is 4. The number of rotatable bonds is 4. The molecule has 1 atom stereocenters. The van der Waals surface area contributed by atoms with Crippen LogP contribution in [0, 0.1) is 18.3 Å². The van der Waals surface area contributed by atoms with E-state index in [1.165, 1.54) is 0 Å². The zero-order valence-electron chi connectivity index (χ0n) is 12.4. The maximum Gasteiger partial charge on any atom is 0.262 e. The molecule has 0 spiro atoms. The van der Waals surface area contributed by atoms with E-state index in [9.17, 15) is 10.1 Å². The lowest BCUT2D eigenvalue weighted by Gasteiger charge is -2.32. The van der Waals surface area contributed by atoms with Gasteiger partial charge in [-0.2, -0.15) is 5.26 Å². The third-order valence-electron chi connectivity index (χ3n) is 3.59. The molecule has 0 saturated carbocycles. The lowest BCUT2D eigenvalue weighted by Crippen LogP contribution is -2.54. The third kappa shape index (κ3) is 3.96. The Morgan fingerprint density at radius 2 is 2.19 bits per heavy atom. The predicted octanol–water partition coefficient (Wildman–Crippen LogP) is 1.95. The van der Waals surface area contributed by atoms with Gasteiger partial charge in [-0.25, -0.2) is 0 Å². The SMILES string of the molecule is Cc1cccc(OC(C)C(=O)NC2(C#N)CCOCC2)c1. The summed E-state index contributed by atoms with van der Waals surface area (Å²) >= 11 is 0. The smallest absolute Gasteiger partial charge is 0.262 e. The van der Waals surface area contributed by atoms with Gasteiger partial charge in [0.25, 0.3) is 5.91 Å². The fraction of sp³-hybridized carbons (Fsp3) is 0.500. The molecule has 1 amide bonds. The summed E-state index contributed by atoms with van der Waals surface area (Å²) in [6, 6.07) is 9.73. The molecule has 1 aromatic carbocycles. The van der Waals surface area contributed by atoms with Gasteiger partial charge in [-0.15, -0.1) is 0 Å². The molecular formula is C16H20N2O3. The maximum absolute atomic E-state index is 12.2. The van der Waals surface area contributed by atoms with Gasteiger partial charge in [0.15, 0.2) is 6.10 Å². The third-order valence-corrected chi connectivity index (χ3v) is 3.59. The second-order valence-corrected chi connectivity index (χ2v) is 5.37. The minimum absolute atomic E-state index is 0.278. The molecular weight excluding hydrogens is 268 g/mol. The van der Waals surface area contributed by atoms with Crippen molar-refractivity contribution in [1.29, 1.82) is 5.26 Å². The van der Waals surface area contributed by atoms with Crippen LogP contribution in [-0.2, 0) is 9.53 Å². The summed E-state index contributed by atoms with van der Waals surface area (Å²) in [6.07, 6.45) is 0.360. The molecule has 112 valence electrons. The van der Waals surface area contributed by atoms with Crippen LogP contribution in [0.25, 0.3) is 0 Å². The quantitative estimate of drug-likeness (QED) is 0.919. The molecule has 2 rings (SSSR count). The molecule has 0 aromatic heterocycles. The number of nitrogens with one attached hydrogen (secondary N) is 1. The number of nitrogens with zero attached hydrogens (tertiary/aromatic N) is 1. The van der Waals surface area contributed by atoms with E-state index in [4.69, 9.17) is 9.47 Å². The van der Waals surface area contributed by atoms with Crippen molar-refractivity contribution < 1.29 is 14.3 Å². The van der Waals surface area contributed by atoms with Crippen molar-refractivity contribution >= 4 is 5.91 Å². The Kier molecular flexibility index (Phi) is 4.81. The van der Waals surface area contributed by atoms with Gasteiger partial charge in [-0.1, -0.05) is 12.1 Å². The minimum Gasteiger partial charge on any atom is -0.481 e. The molecule has 1 aromatic rings. The minimum atomic E-state index is -0.834. The summed E-state index contributed by atoms with van der Waals surface area (Å²) < 4.78 is 10.9. The largest absolute Gasteiger partial charge is 0.481 e. The van der Waals surface area contributed by atoms with Crippen molar-refractivity contribution in [3.8, 4) is 11.8 Å². The molecule has 1 aliphatic heterocycles. The second kappa shape index (κ2) is 6.59. The highest BCUT2D eigenvalue weighted by atomic mass is 16.5. The molecule has 1 fully saturated rings. The first-order chi connectivity index (χ1) is 10.0. The number of amides is 1. The highest BCUT2D eigenvalue weighted by Gasteiger charge is 2.35. The van der Waals surface area contributed by atoms with E-state index in [1.54, 1.807) is 6.92 Å². The van der Waals surface area contributed by atoms with Crippen LogP contribution >= 0.6 is 0 Å². The highest BCUT2D eigenvalue weighted by Crippen LogP contribution is 2.20. The van der Waals surface area contributed by atoms with Crippen molar-refractivity contribution in [3.63, 3.8) is 0 Å². The first kappa shape index (κ1) is 15.3. The Morgan fingerprint density at radius 3 is 2.81 bits per heavy atom. The number of carbonyl (C=O) groups is 1. The molecule has 1 heterocycles. The van der Waals surface area contributed by atoms with Crippen LogP contribution in [0.15, 0.2) is 24.3 Å². The van der Waals surface area contributed by atoms with Gasteiger partial charge < -0.3 is 14.8 Å². The van der Waals surface area contributed by atoms with Crippen LogP contribution in [-0.4, -0.2) is 30.8 Å². The lowest BCUT2D eigenvalue weighted by atomic mass is 9.91. The van der Waals surface area contributed by atoms with Gasteiger partial charge in [-0.3, -0.25) is 4.79 Å². The van der Waals surface area contributed by atoms with Gasteiger partial charge in [0, 0.05) is 26.1 Å². The molecule has 1 unspecified atom stereocenters. The van der Waals surface area contributed by atoms with Crippen molar-refractivity contribution in [3.05, 3.63) is 29.8 Å². The van der Waals surface area contributed by atoms with Gasteiger partial charge in [-0.05, 0) is 31.5 Å². The van der Waals surface area contributed by atoms with E-state index < -0.39 is 11.6 Å². The maximum atomic E-state index is 12.2. The Bertz CT molecular complexity index is 545. The molecule has 21 heavy (non-hydrogen) atoms. The number of aryl methyl sites for hydroxylation is 1. The van der Waals surface area contributed by atoms with Gasteiger partial charge in [0.1, 0.15) is 11.3 Å². The molecule has 0 bridgehead atoms. The van der Waals surface area contributed by atoms with Crippen LogP contribution in [0.1, 0.15) is 25.3 Å². The Morgan fingerprint density at radius 1 is 1.48 bits per heavy atom. The Hall–Kier alpha value is -2.06. The highest BCUT2D eigenvalue weighted by molar-refractivity contribution is 5.82. The number of carbonyl (C=O) groups excluding carboxylic acids is 1. The molecule has 1 saturated heterocycles. The molecule has 5 nitrogen and oxygen atoms in total. The summed E-state index contributed by atoms with van der Waals surface area (Å²) in [5, 5.41) is 12.1. The van der Waals surface area contributed by atoms with Crippen molar-refractivity contribution in [2.75, 3.05) is 13.2 Å². The van der Waals surface area contributed by atoms with Gasteiger partial charge in [0.2, 0.25) is 0 Å². The molecule has 0 radical (unpaired) electrons. The van der Waals surface area contributed by atoms with Gasteiger partial charge >= 0.3 is 0 Å².